The number of ether oxygens (including phenoxy) is 1. The van der Waals surface area contributed by atoms with Crippen molar-refractivity contribution < 1.29 is 14.6 Å². The van der Waals surface area contributed by atoms with Gasteiger partial charge in [-0.15, -0.1) is 0 Å². The van der Waals surface area contributed by atoms with Crippen molar-refractivity contribution in [3.05, 3.63) is 47.7 Å². The highest BCUT2D eigenvalue weighted by molar-refractivity contribution is 5.86. The topological polar surface area (TPSA) is 62.7 Å². The molecule has 0 radical (unpaired) electrons. The quantitative estimate of drug-likeness (QED) is 0.909. The number of pyridine rings is 1. The van der Waals surface area contributed by atoms with Crippen LogP contribution < -0.4 is 4.74 Å². The Morgan fingerprint density at radius 3 is 2.67 bits per heavy atom. The van der Waals surface area contributed by atoms with Gasteiger partial charge in [-0.2, -0.15) is 0 Å². The van der Waals surface area contributed by atoms with Crippen molar-refractivity contribution in [1.29, 1.82) is 0 Å². The smallest absolute Gasteiger partial charge is 0.354 e. The molecule has 1 aromatic carbocycles. The molecular weight excluding hydrogens is 304 g/mol. The van der Waals surface area contributed by atoms with Gasteiger partial charge in [-0.3, -0.25) is 4.90 Å². The van der Waals surface area contributed by atoms with E-state index >= 15 is 0 Å². The molecule has 1 N–H and O–H groups in total. The number of benzene rings is 1. The molecule has 1 atom stereocenters. The van der Waals surface area contributed by atoms with E-state index in [-0.39, 0.29) is 5.69 Å². The Balaban J connectivity index is 1.99. The van der Waals surface area contributed by atoms with Crippen LogP contribution in [0.3, 0.4) is 0 Å². The van der Waals surface area contributed by atoms with Gasteiger partial charge < -0.3 is 9.84 Å². The number of nitrogens with zero attached hydrogens (tertiary/aromatic N) is 2. The van der Waals surface area contributed by atoms with Crippen LogP contribution in [0.15, 0.2) is 36.4 Å². The number of hydrogen-bond acceptors (Lipinski definition) is 4. The van der Waals surface area contributed by atoms with E-state index < -0.39 is 5.97 Å². The van der Waals surface area contributed by atoms with Crippen molar-refractivity contribution in [3.63, 3.8) is 0 Å². The maximum Gasteiger partial charge on any atom is 0.354 e. The number of likely N-dealkylation sites (tertiary alicyclic amines) is 1. The van der Waals surface area contributed by atoms with Crippen LogP contribution in [0.2, 0.25) is 0 Å². The Morgan fingerprint density at radius 1 is 1.25 bits per heavy atom. The molecule has 1 aliphatic rings. The molecule has 0 saturated carbocycles. The standard InChI is InChI=1S/C19H22N2O3/c1-13(21-10-3-4-11-21)14-6-5-7-15(12-14)18-17(24-2)9-8-16(20-18)19(22)23/h5-9,12-13H,3-4,10-11H2,1-2H3,(H,22,23)/t13-/m0/s1. The molecule has 126 valence electrons. The second kappa shape index (κ2) is 7.01. The van der Waals surface area contributed by atoms with E-state index in [1.54, 1.807) is 13.2 Å². The van der Waals surface area contributed by atoms with Crippen molar-refractivity contribution in [2.24, 2.45) is 0 Å². The summed E-state index contributed by atoms with van der Waals surface area (Å²) < 4.78 is 5.37. The third kappa shape index (κ3) is 3.26. The largest absolute Gasteiger partial charge is 0.494 e. The Morgan fingerprint density at radius 2 is 2.00 bits per heavy atom. The zero-order valence-corrected chi connectivity index (χ0v) is 14.0. The summed E-state index contributed by atoms with van der Waals surface area (Å²) in [5, 5.41) is 9.20. The first-order chi connectivity index (χ1) is 11.6. The van der Waals surface area contributed by atoms with Crippen LogP contribution in [0.4, 0.5) is 0 Å². The molecule has 5 heteroatoms. The summed E-state index contributed by atoms with van der Waals surface area (Å²) in [4.78, 5) is 18.0. The van der Waals surface area contributed by atoms with Crippen molar-refractivity contribution in [3.8, 4) is 17.0 Å². The molecule has 24 heavy (non-hydrogen) atoms. The van der Waals surface area contributed by atoms with Crippen molar-refractivity contribution >= 4 is 5.97 Å². The molecule has 0 bridgehead atoms. The van der Waals surface area contributed by atoms with Crippen LogP contribution in [0.25, 0.3) is 11.3 Å². The van der Waals surface area contributed by atoms with E-state index in [9.17, 15) is 9.90 Å². The lowest BCUT2D eigenvalue weighted by Gasteiger charge is -2.24. The summed E-state index contributed by atoms with van der Waals surface area (Å²) in [5.41, 5.74) is 2.66. The zero-order valence-electron chi connectivity index (χ0n) is 14.0. The fourth-order valence-electron chi connectivity index (χ4n) is 3.22. The lowest BCUT2D eigenvalue weighted by atomic mass is 10.0. The highest BCUT2D eigenvalue weighted by atomic mass is 16.5. The van der Waals surface area contributed by atoms with Gasteiger partial charge in [-0.25, -0.2) is 9.78 Å². The Kier molecular flexibility index (Phi) is 4.81. The molecule has 2 aromatic rings. The lowest BCUT2D eigenvalue weighted by molar-refractivity contribution is 0.0690. The average Bonchev–Trinajstić information content (AvgIpc) is 3.15. The third-order valence-corrected chi connectivity index (χ3v) is 4.63. The van der Waals surface area contributed by atoms with Crippen molar-refractivity contribution in [2.45, 2.75) is 25.8 Å². The first-order valence-electron chi connectivity index (χ1n) is 8.23. The maximum absolute atomic E-state index is 11.2. The SMILES string of the molecule is COc1ccc(C(=O)O)nc1-c1cccc([C@H](C)N2CCCC2)c1. The van der Waals surface area contributed by atoms with Gasteiger partial charge in [-0.1, -0.05) is 18.2 Å². The summed E-state index contributed by atoms with van der Waals surface area (Å²) in [6, 6.07) is 11.6. The molecule has 1 saturated heterocycles. The molecule has 1 aliphatic heterocycles. The summed E-state index contributed by atoms with van der Waals surface area (Å²) >= 11 is 0. The molecule has 0 amide bonds. The van der Waals surface area contributed by atoms with Crippen LogP contribution in [-0.4, -0.2) is 41.2 Å². The minimum Gasteiger partial charge on any atom is -0.494 e. The molecule has 3 rings (SSSR count). The summed E-state index contributed by atoms with van der Waals surface area (Å²) in [6.07, 6.45) is 2.50. The van der Waals surface area contributed by atoms with Gasteiger partial charge in [0.15, 0.2) is 0 Å². The van der Waals surface area contributed by atoms with E-state index in [0.717, 1.165) is 18.7 Å². The zero-order chi connectivity index (χ0) is 17.1. The first-order valence-corrected chi connectivity index (χ1v) is 8.23. The number of hydrogen-bond donors (Lipinski definition) is 1. The number of carbonyl (C=O) groups is 1. The highest BCUT2D eigenvalue weighted by Gasteiger charge is 2.20. The minimum absolute atomic E-state index is 0.0174. The first kappa shape index (κ1) is 16.5. The van der Waals surface area contributed by atoms with Crippen molar-refractivity contribution in [2.75, 3.05) is 20.2 Å². The van der Waals surface area contributed by atoms with Gasteiger partial charge in [0.25, 0.3) is 0 Å². The number of methoxy groups -OCH3 is 1. The normalized spacial score (nSPS) is 16.1. The predicted molar refractivity (Wildman–Crippen MR) is 92.4 cm³/mol. The molecular formula is C19H22N2O3. The highest BCUT2D eigenvalue weighted by Crippen LogP contribution is 2.32. The van der Waals surface area contributed by atoms with E-state index in [4.69, 9.17) is 4.74 Å². The molecule has 0 aliphatic carbocycles. The summed E-state index contributed by atoms with van der Waals surface area (Å²) in [7, 11) is 1.57. The molecule has 0 unspecified atom stereocenters. The van der Waals surface area contributed by atoms with E-state index in [2.05, 4.69) is 28.9 Å². The number of rotatable bonds is 5. The summed E-state index contributed by atoms with van der Waals surface area (Å²) in [6.45, 7) is 4.46. The molecule has 0 spiro atoms. The van der Waals surface area contributed by atoms with Gasteiger partial charge in [-0.05, 0) is 56.6 Å². The van der Waals surface area contributed by atoms with Gasteiger partial charge in [0, 0.05) is 11.6 Å². The molecule has 1 fully saturated rings. The Bertz CT molecular complexity index is 739. The third-order valence-electron chi connectivity index (χ3n) is 4.63. The molecule has 5 nitrogen and oxygen atoms in total. The van der Waals surface area contributed by atoms with Crippen LogP contribution >= 0.6 is 0 Å². The number of aromatic carboxylic acids is 1. The fourth-order valence-corrected chi connectivity index (χ4v) is 3.22. The van der Waals surface area contributed by atoms with Gasteiger partial charge in [0.2, 0.25) is 0 Å². The monoisotopic (exact) mass is 326 g/mol. The maximum atomic E-state index is 11.2. The second-order valence-electron chi connectivity index (χ2n) is 6.10. The Labute approximate surface area is 141 Å². The number of aromatic nitrogens is 1. The predicted octanol–water partition coefficient (Wildman–Crippen LogP) is 3.61. The Hall–Kier alpha value is -2.40. The number of carboxylic acids is 1. The van der Waals surface area contributed by atoms with Gasteiger partial charge >= 0.3 is 5.97 Å². The van der Waals surface area contributed by atoms with Gasteiger partial charge in [0.1, 0.15) is 17.1 Å². The number of carboxylic acid groups (broad SMARTS) is 1. The van der Waals surface area contributed by atoms with E-state index in [1.165, 1.54) is 24.5 Å². The fraction of sp³-hybridized carbons (Fsp3) is 0.368. The van der Waals surface area contributed by atoms with E-state index in [0.29, 0.717) is 17.5 Å². The molecule has 1 aromatic heterocycles. The van der Waals surface area contributed by atoms with E-state index in [1.807, 2.05) is 12.1 Å². The van der Waals surface area contributed by atoms with Crippen LogP contribution in [0.1, 0.15) is 41.9 Å². The second-order valence-corrected chi connectivity index (χ2v) is 6.10. The lowest BCUT2D eigenvalue weighted by Crippen LogP contribution is -2.23. The summed E-state index contributed by atoms with van der Waals surface area (Å²) in [5.74, 6) is -0.466. The van der Waals surface area contributed by atoms with Gasteiger partial charge in [0.05, 0.1) is 7.11 Å². The van der Waals surface area contributed by atoms with Crippen molar-refractivity contribution in [1.82, 2.24) is 9.88 Å². The van der Waals surface area contributed by atoms with Crippen LogP contribution in [-0.2, 0) is 0 Å². The molecule has 2 heterocycles. The minimum atomic E-state index is -1.04. The average molecular weight is 326 g/mol. The van der Waals surface area contributed by atoms with Crippen LogP contribution in [0.5, 0.6) is 5.75 Å². The van der Waals surface area contributed by atoms with Crippen LogP contribution in [0, 0.1) is 0 Å².